The molecule has 0 saturated carbocycles. The Labute approximate surface area is 196 Å². The van der Waals surface area contributed by atoms with Gasteiger partial charge in [0.15, 0.2) is 0 Å². The zero-order valence-electron chi connectivity index (χ0n) is 19.8. The monoisotopic (exact) mass is 445 g/mol. The van der Waals surface area contributed by atoms with Crippen LogP contribution in [0.5, 0.6) is 0 Å². The van der Waals surface area contributed by atoms with Crippen LogP contribution in [0.15, 0.2) is 58.9 Å². The van der Waals surface area contributed by atoms with Crippen LogP contribution in [0.2, 0.25) is 0 Å². The topological polar surface area (TPSA) is 56.4 Å². The smallest absolute Gasteiger partial charge is 0.248 e. The molecule has 0 radical (unpaired) electrons. The third kappa shape index (κ3) is 4.08. The van der Waals surface area contributed by atoms with Crippen molar-refractivity contribution >= 4 is 5.91 Å². The molecular formula is C28H35N3O2. The van der Waals surface area contributed by atoms with Crippen LogP contribution >= 0.6 is 0 Å². The number of benzene rings is 1. The summed E-state index contributed by atoms with van der Waals surface area (Å²) in [5.41, 5.74) is 4.55. The number of aryl methyl sites for hydroxylation is 1. The minimum absolute atomic E-state index is 0.0470. The summed E-state index contributed by atoms with van der Waals surface area (Å²) >= 11 is 0. The lowest BCUT2D eigenvalue weighted by atomic mass is 9.56. The van der Waals surface area contributed by atoms with Crippen molar-refractivity contribution in [2.24, 2.45) is 11.8 Å². The van der Waals surface area contributed by atoms with E-state index in [1.165, 1.54) is 16.7 Å². The lowest BCUT2D eigenvalue weighted by Gasteiger charge is -2.59. The number of hydrogen-bond donors (Lipinski definition) is 1. The molecular weight excluding hydrogens is 410 g/mol. The Morgan fingerprint density at radius 3 is 2.85 bits per heavy atom. The number of rotatable bonds is 6. The summed E-state index contributed by atoms with van der Waals surface area (Å²) in [5, 5.41) is 0. The van der Waals surface area contributed by atoms with E-state index >= 15 is 0 Å². The number of aromatic nitrogens is 1. The number of likely N-dealkylation sites (N-methyl/N-ethyl adjacent to an activating group) is 1. The maximum absolute atomic E-state index is 13.8. The van der Waals surface area contributed by atoms with E-state index in [2.05, 4.69) is 59.1 Å². The zero-order chi connectivity index (χ0) is 23.0. The van der Waals surface area contributed by atoms with Crippen LogP contribution in [0.1, 0.15) is 49.4 Å². The number of nitrogens with zero attached hydrogens (tertiary/aromatic N) is 2. The molecule has 3 aliphatic rings. The second-order valence-electron chi connectivity index (χ2n) is 10.3. The van der Waals surface area contributed by atoms with E-state index in [0.29, 0.717) is 18.4 Å². The number of carbonyl (C=O) groups excluding carboxylic acids is 1. The van der Waals surface area contributed by atoms with E-state index < -0.39 is 0 Å². The standard InChI is InChI=1S/C28H35N3O2/c1-20-16-22-17-25-24(12-13-26(32)29-25)28(18-20)23(22)11-7-15-31(28)27(33)19-30(2)14-6-10-21-8-4-3-5-9-21/h3-5,8-9,12-13,16,22-23H,6-7,10-11,14-15,17-19H2,1-2H3,(H,29,32)/t22?,23-,28-/m1/s1. The molecule has 1 aromatic heterocycles. The van der Waals surface area contributed by atoms with Gasteiger partial charge >= 0.3 is 0 Å². The van der Waals surface area contributed by atoms with E-state index in [1.54, 1.807) is 6.07 Å². The van der Waals surface area contributed by atoms with Crippen LogP contribution in [0.25, 0.3) is 0 Å². The van der Waals surface area contributed by atoms with Crippen LogP contribution < -0.4 is 5.56 Å². The highest BCUT2D eigenvalue weighted by Crippen LogP contribution is 2.56. The normalized spacial score (nSPS) is 25.9. The lowest BCUT2D eigenvalue weighted by molar-refractivity contribution is -0.149. The van der Waals surface area contributed by atoms with Gasteiger partial charge in [-0.05, 0) is 88.1 Å². The first kappa shape index (κ1) is 22.1. The Bertz CT molecular complexity index is 1110. The van der Waals surface area contributed by atoms with E-state index in [9.17, 15) is 9.59 Å². The molecule has 1 fully saturated rings. The Kier molecular flexibility index (Phi) is 6.00. The van der Waals surface area contributed by atoms with Gasteiger partial charge in [0.1, 0.15) is 0 Å². The molecule has 2 aromatic rings. The van der Waals surface area contributed by atoms with Crippen molar-refractivity contribution in [1.29, 1.82) is 0 Å². The van der Waals surface area contributed by atoms with Gasteiger partial charge in [0.25, 0.3) is 0 Å². The van der Waals surface area contributed by atoms with Crippen molar-refractivity contribution in [3.8, 4) is 0 Å². The number of hydrogen-bond acceptors (Lipinski definition) is 3. The number of carbonyl (C=O) groups is 1. The fourth-order valence-electron chi connectivity index (χ4n) is 6.77. The number of H-pyrrole nitrogens is 1. The molecule has 1 aromatic carbocycles. The fraction of sp³-hybridized carbons (Fsp3) is 0.500. The minimum Gasteiger partial charge on any atom is -0.331 e. The van der Waals surface area contributed by atoms with Gasteiger partial charge < -0.3 is 9.88 Å². The average Bonchev–Trinajstić information content (AvgIpc) is 2.78. The molecule has 174 valence electrons. The first-order valence-corrected chi connectivity index (χ1v) is 12.4. The van der Waals surface area contributed by atoms with Gasteiger partial charge in [0.2, 0.25) is 11.5 Å². The van der Waals surface area contributed by atoms with Gasteiger partial charge in [-0.15, -0.1) is 0 Å². The third-order valence-electron chi connectivity index (χ3n) is 8.02. The molecule has 33 heavy (non-hydrogen) atoms. The van der Waals surface area contributed by atoms with Gasteiger partial charge in [0.05, 0.1) is 12.1 Å². The molecule has 5 rings (SSSR count). The van der Waals surface area contributed by atoms with E-state index in [0.717, 1.165) is 57.3 Å². The third-order valence-corrected chi connectivity index (χ3v) is 8.02. The molecule has 3 atom stereocenters. The second-order valence-corrected chi connectivity index (χ2v) is 10.3. The predicted molar refractivity (Wildman–Crippen MR) is 131 cm³/mol. The van der Waals surface area contributed by atoms with E-state index in [-0.39, 0.29) is 17.0 Å². The van der Waals surface area contributed by atoms with Gasteiger partial charge in [-0.25, -0.2) is 0 Å². The Morgan fingerprint density at radius 1 is 1.21 bits per heavy atom. The highest BCUT2D eigenvalue weighted by Gasteiger charge is 2.56. The van der Waals surface area contributed by atoms with E-state index in [1.807, 2.05) is 12.1 Å². The Morgan fingerprint density at radius 2 is 2.03 bits per heavy atom. The van der Waals surface area contributed by atoms with E-state index in [4.69, 9.17) is 0 Å². The maximum atomic E-state index is 13.8. The summed E-state index contributed by atoms with van der Waals surface area (Å²) in [7, 11) is 2.06. The molecule has 1 unspecified atom stereocenters. The first-order valence-electron chi connectivity index (χ1n) is 12.4. The molecule has 5 nitrogen and oxygen atoms in total. The average molecular weight is 446 g/mol. The highest BCUT2D eigenvalue weighted by atomic mass is 16.2. The molecule has 0 spiro atoms. The summed E-state index contributed by atoms with van der Waals surface area (Å²) in [6.07, 6.45) is 8.41. The molecule has 1 amide bonds. The summed E-state index contributed by atoms with van der Waals surface area (Å²) in [6, 6.07) is 14.2. The molecule has 2 heterocycles. The Hall–Kier alpha value is -2.66. The van der Waals surface area contributed by atoms with Crippen molar-refractivity contribution in [3.63, 3.8) is 0 Å². The number of pyridine rings is 1. The summed E-state index contributed by atoms with van der Waals surface area (Å²) < 4.78 is 0. The number of likely N-dealkylation sites (tertiary alicyclic amines) is 1. The molecule has 1 saturated heterocycles. The maximum Gasteiger partial charge on any atom is 0.248 e. The SMILES string of the molecule is CC1=CC2Cc3[nH]c(=O)ccc3[C@@]3(C1)[C@@H]2CCCN3C(=O)CN(C)CCCc1ccccc1. The molecule has 1 N–H and O–H groups in total. The number of piperidine rings is 1. The Balaban J connectivity index is 1.36. The van der Waals surface area contributed by atoms with Crippen LogP contribution in [0.3, 0.4) is 0 Å². The molecule has 5 heteroatoms. The lowest BCUT2D eigenvalue weighted by Crippen LogP contribution is -2.63. The largest absolute Gasteiger partial charge is 0.331 e. The summed E-state index contributed by atoms with van der Waals surface area (Å²) in [4.78, 5) is 33.3. The number of allylic oxidation sites excluding steroid dienone is 1. The minimum atomic E-state index is -0.318. The summed E-state index contributed by atoms with van der Waals surface area (Å²) in [5.74, 6) is 1.04. The van der Waals surface area contributed by atoms with Crippen molar-refractivity contribution in [2.45, 2.75) is 51.0 Å². The van der Waals surface area contributed by atoms with Gasteiger partial charge in [-0.3, -0.25) is 14.5 Å². The van der Waals surface area contributed by atoms with Crippen molar-refractivity contribution in [3.05, 3.63) is 81.3 Å². The molecule has 2 aliphatic carbocycles. The number of amides is 1. The van der Waals surface area contributed by atoms with Crippen molar-refractivity contribution in [2.75, 3.05) is 26.7 Å². The summed E-state index contributed by atoms with van der Waals surface area (Å²) in [6.45, 7) is 4.34. The zero-order valence-corrected chi connectivity index (χ0v) is 19.8. The van der Waals surface area contributed by atoms with Crippen LogP contribution in [-0.4, -0.2) is 47.4 Å². The first-order chi connectivity index (χ1) is 16.0. The van der Waals surface area contributed by atoms with Crippen molar-refractivity contribution < 1.29 is 4.79 Å². The van der Waals surface area contributed by atoms with Crippen molar-refractivity contribution in [1.82, 2.24) is 14.8 Å². The van der Waals surface area contributed by atoms with Crippen LogP contribution in [0.4, 0.5) is 0 Å². The second kappa shape index (κ2) is 8.94. The fourth-order valence-corrected chi connectivity index (χ4v) is 6.77. The molecule has 1 aliphatic heterocycles. The number of fused-ring (bicyclic) bond motifs is 1. The highest BCUT2D eigenvalue weighted by molar-refractivity contribution is 5.80. The quantitative estimate of drug-likeness (QED) is 0.686. The van der Waals surface area contributed by atoms with Gasteiger partial charge in [-0.2, -0.15) is 0 Å². The number of aromatic amines is 1. The van der Waals surface area contributed by atoms with Gasteiger partial charge in [-0.1, -0.05) is 42.0 Å². The molecule has 2 bridgehead atoms. The predicted octanol–water partition coefficient (Wildman–Crippen LogP) is 3.90. The number of nitrogens with one attached hydrogen (secondary N) is 1. The van der Waals surface area contributed by atoms with Crippen LogP contribution in [0, 0.1) is 11.8 Å². The van der Waals surface area contributed by atoms with Crippen LogP contribution in [-0.2, 0) is 23.2 Å². The van der Waals surface area contributed by atoms with Gasteiger partial charge in [0, 0.05) is 18.3 Å².